The second-order valence-corrected chi connectivity index (χ2v) is 7.97. The molecular weight excluding hydrogens is 481 g/mol. The number of aliphatic imine (C=N–C) groups is 1. The van der Waals surface area contributed by atoms with Gasteiger partial charge >= 0.3 is 6.03 Å². The van der Waals surface area contributed by atoms with Crippen molar-refractivity contribution in [3.63, 3.8) is 0 Å². The third kappa shape index (κ3) is 8.55. The van der Waals surface area contributed by atoms with Gasteiger partial charge in [-0.25, -0.2) is 25.6 Å². The molecule has 0 aromatic heterocycles. The maximum absolute atomic E-state index is 14.5. The SMILES string of the molecule is CC(C)Oc1ccc(NC(N=N)N(Cc2ccc(Cl)cc2)C(=O)N(O)CCN=C(N)NN)cc1F. The molecule has 0 radical (unpaired) electrons. The summed E-state index contributed by atoms with van der Waals surface area (Å²) in [6, 6.07) is 9.86. The van der Waals surface area contributed by atoms with Crippen LogP contribution >= 0.6 is 11.6 Å². The lowest BCUT2D eigenvalue weighted by Gasteiger charge is -2.31. The zero-order valence-corrected chi connectivity index (χ0v) is 20.0. The number of anilines is 1. The Kier molecular flexibility index (Phi) is 10.5. The lowest BCUT2D eigenvalue weighted by molar-refractivity contribution is -0.0579. The van der Waals surface area contributed by atoms with Gasteiger partial charge in [-0.1, -0.05) is 23.7 Å². The number of hydrogen-bond donors (Lipinski definition) is 6. The Morgan fingerprint density at radius 3 is 2.54 bits per heavy atom. The minimum atomic E-state index is -1.29. The smallest absolute Gasteiger partial charge is 0.347 e. The lowest BCUT2D eigenvalue weighted by atomic mass is 10.2. The Bertz CT molecular complexity index is 1020. The van der Waals surface area contributed by atoms with Crippen LogP contribution in [0, 0.1) is 11.3 Å². The van der Waals surface area contributed by atoms with Crippen molar-refractivity contribution < 1.29 is 19.1 Å². The van der Waals surface area contributed by atoms with E-state index < -0.39 is 18.1 Å². The number of nitrogens with one attached hydrogen (secondary N) is 3. The summed E-state index contributed by atoms with van der Waals surface area (Å²) in [5, 5.41) is 17.5. The number of urea groups is 1. The summed E-state index contributed by atoms with van der Waals surface area (Å²) in [4.78, 5) is 18.0. The van der Waals surface area contributed by atoms with E-state index in [4.69, 9.17) is 33.4 Å². The van der Waals surface area contributed by atoms with Crippen molar-refractivity contribution in [1.29, 1.82) is 5.53 Å². The van der Waals surface area contributed by atoms with Gasteiger partial charge in [0, 0.05) is 16.8 Å². The van der Waals surface area contributed by atoms with Crippen LogP contribution in [0.15, 0.2) is 52.6 Å². The molecule has 14 heteroatoms. The first kappa shape index (κ1) is 27.6. The number of carbonyl (C=O) groups is 1. The molecule has 0 fully saturated rings. The highest BCUT2D eigenvalue weighted by Gasteiger charge is 2.28. The minimum absolute atomic E-state index is 0.0499. The molecule has 35 heavy (non-hydrogen) atoms. The molecule has 8 N–H and O–H groups in total. The van der Waals surface area contributed by atoms with Crippen LogP contribution in [0.3, 0.4) is 0 Å². The van der Waals surface area contributed by atoms with Crippen molar-refractivity contribution in [2.45, 2.75) is 32.8 Å². The second kappa shape index (κ2) is 13.3. The topological polar surface area (TPSA) is 178 Å². The highest BCUT2D eigenvalue weighted by atomic mass is 35.5. The summed E-state index contributed by atoms with van der Waals surface area (Å²) >= 11 is 5.94. The summed E-state index contributed by atoms with van der Waals surface area (Å²) in [7, 11) is 0. The Hall–Kier alpha value is -3.68. The Labute approximate surface area is 207 Å². The zero-order valence-electron chi connectivity index (χ0n) is 19.3. The number of amides is 2. The Morgan fingerprint density at radius 2 is 1.97 bits per heavy atom. The highest BCUT2D eigenvalue weighted by molar-refractivity contribution is 6.30. The van der Waals surface area contributed by atoms with Gasteiger partial charge in [-0.15, -0.1) is 5.11 Å². The molecule has 2 aromatic rings. The molecule has 190 valence electrons. The molecule has 0 aliphatic heterocycles. The summed E-state index contributed by atoms with van der Waals surface area (Å²) in [6.07, 6.45) is -1.51. The molecule has 0 bridgehead atoms. The number of nitrogens with zero attached hydrogens (tertiary/aromatic N) is 4. The van der Waals surface area contributed by atoms with Gasteiger partial charge in [0.1, 0.15) is 0 Å². The first-order chi connectivity index (χ1) is 16.6. The molecular formula is C21H29ClFN9O3. The molecule has 0 aliphatic rings. The third-order valence-electron chi connectivity index (χ3n) is 4.48. The molecule has 0 heterocycles. The molecule has 0 saturated carbocycles. The van der Waals surface area contributed by atoms with Crippen molar-refractivity contribution in [3.8, 4) is 5.75 Å². The lowest BCUT2D eigenvalue weighted by Crippen LogP contribution is -2.49. The van der Waals surface area contributed by atoms with Gasteiger partial charge in [0.15, 0.2) is 11.6 Å². The second-order valence-electron chi connectivity index (χ2n) is 7.53. The van der Waals surface area contributed by atoms with E-state index in [-0.39, 0.29) is 43.1 Å². The fourth-order valence-electron chi connectivity index (χ4n) is 2.87. The average molecular weight is 510 g/mol. The Morgan fingerprint density at radius 1 is 1.29 bits per heavy atom. The molecule has 1 unspecified atom stereocenters. The molecule has 0 aliphatic carbocycles. The monoisotopic (exact) mass is 509 g/mol. The van der Waals surface area contributed by atoms with Crippen molar-refractivity contribution in [3.05, 3.63) is 58.9 Å². The van der Waals surface area contributed by atoms with Gasteiger partial charge in [-0.05, 0) is 43.7 Å². The van der Waals surface area contributed by atoms with Crippen molar-refractivity contribution >= 4 is 29.3 Å². The third-order valence-corrected chi connectivity index (χ3v) is 4.73. The predicted octanol–water partition coefficient (Wildman–Crippen LogP) is 3.08. The van der Waals surface area contributed by atoms with Crippen LogP contribution < -0.4 is 27.1 Å². The van der Waals surface area contributed by atoms with Gasteiger partial charge in [-0.3, -0.25) is 20.5 Å². The Balaban J connectivity index is 2.26. The van der Waals surface area contributed by atoms with Crippen LogP contribution in [-0.4, -0.2) is 52.6 Å². The number of nitrogens with two attached hydrogens (primary N) is 2. The quantitative estimate of drug-likeness (QED) is 0.0512. The van der Waals surface area contributed by atoms with E-state index in [1.807, 2.05) is 0 Å². The molecule has 2 amide bonds. The van der Waals surface area contributed by atoms with Crippen LogP contribution in [0.25, 0.3) is 0 Å². The van der Waals surface area contributed by atoms with Crippen molar-refractivity contribution in [1.82, 2.24) is 15.4 Å². The van der Waals surface area contributed by atoms with Crippen LogP contribution in [0.4, 0.5) is 14.9 Å². The number of hydroxylamine groups is 2. The molecule has 0 spiro atoms. The van der Waals surface area contributed by atoms with E-state index in [0.717, 1.165) is 11.0 Å². The number of halogens is 2. The van der Waals surface area contributed by atoms with Gasteiger partial charge < -0.3 is 15.8 Å². The maximum atomic E-state index is 14.5. The van der Waals surface area contributed by atoms with Gasteiger partial charge in [0.25, 0.3) is 0 Å². The fourth-order valence-corrected chi connectivity index (χ4v) is 3.00. The molecule has 1 atom stereocenters. The van der Waals surface area contributed by atoms with Crippen LogP contribution in [0.2, 0.25) is 5.02 Å². The van der Waals surface area contributed by atoms with Crippen LogP contribution in [-0.2, 0) is 6.54 Å². The minimum Gasteiger partial charge on any atom is -0.488 e. The average Bonchev–Trinajstić information content (AvgIpc) is 2.83. The number of hydrogen-bond acceptors (Lipinski definition) is 8. The number of ether oxygens (including phenoxy) is 1. The first-order valence-electron chi connectivity index (χ1n) is 10.5. The molecule has 0 saturated heterocycles. The van der Waals surface area contributed by atoms with E-state index in [1.54, 1.807) is 38.1 Å². The van der Waals surface area contributed by atoms with E-state index in [9.17, 15) is 14.4 Å². The van der Waals surface area contributed by atoms with E-state index in [2.05, 4.69) is 20.8 Å². The molecule has 2 rings (SSSR count). The van der Waals surface area contributed by atoms with Crippen molar-refractivity contribution in [2.24, 2.45) is 21.7 Å². The predicted molar refractivity (Wildman–Crippen MR) is 129 cm³/mol. The standard InChI is InChI=1S/C21H29ClFN9O3/c1-13(2)35-18-8-7-16(11-17(18)23)28-20(30-26)31(12-14-3-5-15(22)6-4-14)21(33)32(34)10-9-27-19(24)29-25/h3-8,11,13,20,26,28,34H,9-10,12,25H2,1-2H3,(H3,24,27,29). The number of benzene rings is 2. The number of carbonyl (C=O) groups excluding carboxylic acids is 1. The number of hydrazine groups is 1. The van der Waals surface area contributed by atoms with Crippen LogP contribution in [0.1, 0.15) is 19.4 Å². The van der Waals surface area contributed by atoms with E-state index in [0.29, 0.717) is 15.6 Å². The summed E-state index contributed by atoms with van der Waals surface area (Å²) in [6.45, 7) is 3.21. The number of guanidine groups is 1. The van der Waals surface area contributed by atoms with Crippen molar-refractivity contribution in [2.75, 3.05) is 18.4 Å². The fraction of sp³-hybridized carbons (Fsp3) is 0.333. The number of rotatable bonds is 11. The normalized spacial score (nSPS) is 12.1. The largest absolute Gasteiger partial charge is 0.488 e. The maximum Gasteiger partial charge on any atom is 0.347 e. The summed E-state index contributed by atoms with van der Waals surface area (Å²) in [5.41, 5.74) is 16.1. The van der Waals surface area contributed by atoms with Gasteiger partial charge in [-0.2, -0.15) is 0 Å². The molecule has 12 nitrogen and oxygen atoms in total. The first-order valence-corrected chi connectivity index (χ1v) is 10.9. The molecule has 2 aromatic carbocycles. The van der Waals surface area contributed by atoms with E-state index in [1.165, 1.54) is 12.1 Å². The van der Waals surface area contributed by atoms with Gasteiger partial charge in [0.2, 0.25) is 12.2 Å². The highest BCUT2D eigenvalue weighted by Crippen LogP contribution is 2.24. The zero-order chi connectivity index (χ0) is 26.0. The summed E-state index contributed by atoms with van der Waals surface area (Å²) < 4.78 is 19.8. The summed E-state index contributed by atoms with van der Waals surface area (Å²) in [5.74, 6) is 4.49. The van der Waals surface area contributed by atoms with Crippen LogP contribution in [0.5, 0.6) is 5.75 Å². The van der Waals surface area contributed by atoms with Gasteiger partial charge in [0.05, 0.1) is 25.7 Å². The van der Waals surface area contributed by atoms with E-state index >= 15 is 0 Å².